The Bertz CT molecular complexity index is 1340. The molecule has 1 unspecified atom stereocenters. The summed E-state index contributed by atoms with van der Waals surface area (Å²) in [6.07, 6.45) is -6.82. The van der Waals surface area contributed by atoms with Gasteiger partial charge in [0.25, 0.3) is 5.56 Å². The Labute approximate surface area is 251 Å². The lowest BCUT2D eigenvalue weighted by molar-refractivity contribution is -0.139. The van der Waals surface area contributed by atoms with E-state index in [9.17, 15) is 35.9 Å². The number of halogens is 6. The van der Waals surface area contributed by atoms with Gasteiger partial charge in [-0.2, -0.15) is 26.3 Å². The lowest BCUT2D eigenvalue weighted by Gasteiger charge is -2.40. The number of anilines is 2. The molecule has 2 fully saturated rings. The third-order valence-electron chi connectivity index (χ3n) is 7.33. The maximum atomic E-state index is 13.7. The van der Waals surface area contributed by atoms with Crippen LogP contribution in [0.4, 0.5) is 42.9 Å². The van der Waals surface area contributed by atoms with Crippen molar-refractivity contribution in [3.8, 4) is 0 Å². The number of piperazine rings is 1. The molecule has 4 heterocycles. The summed E-state index contributed by atoms with van der Waals surface area (Å²) in [5.74, 6) is -0.00368. The highest BCUT2D eigenvalue weighted by Crippen LogP contribution is 2.29. The van der Waals surface area contributed by atoms with Crippen molar-refractivity contribution >= 4 is 25.9 Å². The minimum absolute atomic E-state index is 0.140. The SMILES string of the molecule is C[Si](C)(C)CCOCn1nc(NC2CCCN(C(=O)N3CCN(c4ncc(C(F)(F)F)cn4)CC3)C2)cc(C(F)(F)F)c1=O. The minimum Gasteiger partial charge on any atom is -0.364 e. The van der Waals surface area contributed by atoms with Crippen LogP contribution in [0, 0.1) is 0 Å². The Kier molecular flexibility index (Phi) is 10.1. The summed E-state index contributed by atoms with van der Waals surface area (Å²) in [4.78, 5) is 38.3. The molecule has 0 radical (unpaired) electrons. The number of ether oxygens (including phenoxy) is 1. The molecule has 0 spiro atoms. The molecule has 0 bridgehead atoms. The molecule has 4 rings (SSSR count). The lowest BCUT2D eigenvalue weighted by atomic mass is 10.1. The van der Waals surface area contributed by atoms with Crippen LogP contribution in [0.2, 0.25) is 25.7 Å². The second-order valence-corrected chi connectivity index (χ2v) is 17.7. The lowest BCUT2D eigenvalue weighted by Crippen LogP contribution is -2.56. The number of hydrogen-bond donors (Lipinski definition) is 1. The molecule has 0 saturated carbocycles. The molecule has 0 aliphatic carbocycles. The van der Waals surface area contributed by atoms with Crippen molar-refractivity contribution in [2.24, 2.45) is 0 Å². The normalized spacial score (nSPS) is 18.5. The highest BCUT2D eigenvalue weighted by Gasteiger charge is 2.37. The van der Waals surface area contributed by atoms with E-state index >= 15 is 0 Å². The first-order valence-corrected chi connectivity index (χ1v) is 17.9. The second kappa shape index (κ2) is 13.3. The van der Waals surface area contributed by atoms with Crippen molar-refractivity contribution in [2.75, 3.05) is 56.1 Å². The average Bonchev–Trinajstić information content (AvgIpc) is 2.95. The molecule has 2 aromatic heterocycles. The highest BCUT2D eigenvalue weighted by molar-refractivity contribution is 6.76. The Morgan fingerprint density at radius 1 is 1.00 bits per heavy atom. The molecule has 2 aromatic rings. The summed E-state index contributed by atoms with van der Waals surface area (Å²) >= 11 is 0. The number of rotatable bonds is 8. The van der Waals surface area contributed by atoms with Crippen molar-refractivity contribution < 1.29 is 35.9 Å². The van der Waals surface area contributed by atoms with E-state index in [1.807, 2.05) is 0 Å². The van der Waals surface area contributed by atoms with E-state index in [0.717, 1.165) is 18.4 Å². The van der Waals surface area contributed by atoms with Gasteiger partial charge in [0.05, 0.1) is 5.56 Å². The molecule has 244 valence electrons. The molecule has 44 heavy (non-hydrogen) atoms. The van der Waals surface area contributed by atoms with Crippen LogP contribution in [-0.4, -0.2) is 95.6 Å². The number of aromatic nitrogens is 4. The van der Waals surface area contributed by atoms with Gasteiger partial charge in [-0.15, -0.1) is 5.10 Å². The van der Waals surface area contributed by atoms with Gasteiger partial charge in [0.1, 0.15) is 18.1 Å². The third kappa shape index (κ3) is 8.83. The Balaban J connectivity index is 1.36. The van der Waals surface area contributed by atoms with Crippen molar-refractivity contribution in [3.63, 3.8) is 0 Å². The summed E-state index contributed by atoms with van der Waals surface area (Å²) in [5, 5.41) is 7.05. The van der Waals surface area contributed by atoms with Gasteiger partial charge < -0.3 is 24.8 Å². The van der Waals surface area contributed by atoms with E-state index in [2.05, 4.69) is 40.0 Å². The summed E-state index contributed by atoms with van der Waals surface area (Å²) < 4.78 is 85.6. The molecule has 0 aromatic carbocycles. The fraction of sp³-hybridized carbons (Fsp3) is 0.654. The van der Waals surface area contributed by atoms with E-state index in [-0.39, 0.29) is 37.4 Å². The first kappa shape index (κ1) is 33.5. The number of likely N-dealkylation sites (tertiary alicyclic amines) is 1. The smallest absolute Gasteiger partial charge is 0.364 e. The molecule has 18 heteroatoms. The van der Waals surface area contributed by atoms with Gasteiger partial charge in [-0.3, -0.25) is 4.79 Å². The maximum absolute atomic E-state index is 13.7. The van der Waals surface area contributed by atoms with Crippen LogP contribution in [0.25, 0.3) is 0 Å². The molecule has 2 aliphatic heterocycles. The predicted molar refractivity (Wildman–Crippen MR) is 152 cm³/mol. The zero-order chi connectivity index (χ0) is 32.3. The van der Waals surface area contributed by atoms with E-state index in [1.54, 1.807) is 14.7 Å². The van der Waals surface area contributed by atoms with Crippen LogP contribution in [0.1, 0.15) is 24.0 Å². The topological polar surface area (TPSA) is 109 Å². The van der Waals surface area contributed by atoms with Gasteiger partial charge in [-0.1, -0.05) is 19.6 Å². The van der Waals surface area contributed by atoms with Crippen molar-refractivity contribution in [2.45, 2.75) is 63.7 Å². The largest absolute Gasteiger partial charge is 0.421 e. The number of carbonyl (C=O) groups is 1. The predicted octanol–water partition coefficient (Wildman–Crippen LogP) is 4.20. The second-order valence-electron chi connectivity index (χ2n) is 12.0. The van der Waals surface area contributed by atoms with Gasteiger partial charge >= 0.3 is 18.4 Å². The minimum atomic E-state index is -4.89. The first-order valence-electron chi connectivity index (χ1n) is 14.2. The molecule has 1 atom stereocenters. The quantitative estimate of drug-likeness (QED) is 0.258. The zero-order valence-corrected chi connectivity index (χ0v) is 25.7. The van der Waals surface area contributed by atoms with Gasteiger partial charge in [0.2, 0.25) is 5.95 Å². The fourth-order valence-corrected chi connectivity index (χ4v) is 5.60. The van der Waals surface area contributed by atoms with Crippen LogP contribution < -0.4 is 15.8 Å². The summed E-state index contributed by atoms with van der Waals surface area (Å²) in [7, 11) is -1.45. The van der Waals surface area contributed by atoms with Crippen LogP contribution in [0.15, 0.2) is 23.3 Å². The molecule has 2 amide bonds. The number of alkyl halides is 6. The molecular formula is C26H36F6N8O3Si. The summed E-state index contributed by atoms with van der Waals surface area (Å²) in [6, 6.07) is 0.788. The molecule has 2 saturated heterocycles. The van der Waals surface area contributed by atoms with Crippen LogP contribution in [-0.2, 0) is 23.8 Å². The number of carbonyl (C=O) groups excluding carboxylic acids is 1. The standard InChI is InChI=1S/C26H36F6N8O3Si/c1-44(2,3)12-11-43-17-40-22(41)20(26(30,31)32)13-21(36-40)35-19-5-4-6-39(16-19)24(42)38-9-7-37(8-10-38)23-33-14-18(15-34-23)25(27,28)29/h13-15,19H,4-12,16-17H2,1-3H3,(H,35,36). The number of nitrogens with zero attached hydrogens (tertiary/aromatic N) is 7. The highest BCUT2D eigenvalue weighted by atomic mass is 28.3. The van der Waals surface area contributed by atoms with Crippen molar-refractivity contribution in [1.29, 1.82) is 0 Å². The number of amides is 2. The van der Waals surface area contributed by atoms with Gasteiger partial charge in [-0.25, -0.2) is 19.4 Å². The van der Waals surface area contributed by atoms with Crippen molar-refractivity contribution in [3.05, 3.63) is 39.9 Å². The van der Waals surface area contributed by atoms with E-state index in [1.165, 1.54) is 0 Å². The van der Waals surface area contributed by atoms with Gasteiger partial charge in [0.15, 0.2) is 0 Å². The average molecular weight is 651 g/mol. The number of urea groups is 1. The van der Waals surface area contributed by atoms with Crippen LogP contribution in [0.5, 0.6) is 0 Å². The van der Waals surface area contributed by atoms with Gasteiger partial charge in [-0.05, 0) is 18.9 Å². The molecule has 2 aliphatic rings. The molecular weight excluding hydrogens is 614 g/mol. The summed E-state index contributed by atoms with van der Waals surface area (Å²) in [6.45, 7) is 8.14. The zero-order valence-electron chi connectivity index (χ0n) is 24.7. The van der Waals surface area contributed by atoms with Crippen molar-refractivity contribution in [1.82, 2.24) is 29.5 Å². The Morgan fingerprint density at radius 2 is 1.66 bits per heavy atom. The van der Waals surface area contributed by atoms with E-state index in [0.29, 0.717) is 49.8 Å². The molecule has 11 nitrogen and oxygen atoms in total. The maximum Gasteiger partial charge on any atom is 0.421 e. The van der Waals surface area contributed by atoms with Crippen LogP contribution >= 0.6 is 0 Å². The fourth-order valence-electron chi connectivity index (χ4n) is 4.84. The summed E-state index contributed by atoms with van der Waals surface area (Å²) in [5.41, 5.74) is -3.60. The molecule has 1 N–H and O–H groups in total. The monoisotopic (exact) mass is 650 g/mol. The first-order chi connectivity index (χ1) is 20.5. The van der Waals surface area contributed by atoms with E-state index in [4.69, 9.17) is 4.74 Å². The number of nitrogens with one attached hydrogen (secondary N) is 1. The number of piperidine rings is 1. The Morgan fingerprint density at radius 3 is 2.25 bits per heavy atom. The third-order valence-corrected chi connectivity index (χ3v) is 9.04. The number of hydrogen-bond acceptors (Lipinski definition) is 8. The van der Waals surface area contributed by atoms with E-state index < -0.39 is 49.9 Å². The van der Waals surface area contributed by atoms with Gasteiger partial charge in [0, 0.05) is 78.5 Å². The van der Waals surface area contributed by atoms with Crippen LogP contribution in [0.3, 0.4) is 0 Å². The Hall–Kier alpha value is -3.41.